The lowest BCUT2D eigenvalue weighted by Crippen LogP contribution is -2.47. The van der Waals surface area contributed by atoms with Crippen LogP contribution in [0, 0.1) is 24.2 Å². The summed E-state index contributed by atoms with van der Waals surface area (Å²) in [5.74, 6) is 0.531. The highest BCUT2D eigenvalue weighted by Gasteiger charge is 2.37. The van der Waals surface area contributed by atoms with Crippen LogP contribution in [-0.2, 0) is 4.79 Å². The molecule has 22 heavy (non-hydrogen) atoms. The monoisotopic (exact) mass is 294 g/mol. The minimum atomic E-state index is -0.0921. The average molecular weight is 294 g/mol. The number of nitrogens with zero attached hydrogens (tertiary/aromatic N) is 2. The molecule has 1 aromatic carbocycles. The maximum atomic E-state index is 12.8. The summed E-state index contributed by atoms with van der Waals surface area (Å²) in [4.78, 5) is 12.8. The second-order valence-corrected chi connectivity index (χ2v) is 5.85. The lowest BCUT2D eigenvalue weighted by molar-refractivity contribution is -0.128. The number of nitriles is 1. The summed E-state index contributed by atoms with van der Waals surface area (Å²) in [5, 5.41) is 14.0. The van der Waals surface area contributed by atoms with Crippen LogP contribution in [-0.4, -0.2) is 17.5 Å². The van der Waals surface area contributed by atoms with Gasteiger partial charge in [-0.3, -0.25) is 4.79 Å². The van der Waals surface area contributed by atoms with Crippen molar-refractivity contribution in [2.75, 3.05) is 6.54 Å². The topological polar surface area (TPSA) is 68.2 Å². The van der Waals surface area contributed by atoms with Crippen molar-refractivity contribution in [3.8, 4) is 6.07 Å². The summed E-state index contributed by atoms with van der Waals surface area (Å²) < 4.78 is 0. The number of hydrogen-bond donors (Lipinski definition) is 2. The summed E-state index contributed by atoms with van der Waals surface area (Å²) in [6.07, 6.45) is 0. The van der Waals surface area contributed by atoms with E-state index in [9.17, 15) is 10.1 Å². The third kappa shape index (κ3) is 2.18. The zero-order valence-electron chi connectivity index (χ0n) is 12.9. The third-order valence-electron chi connectivity index (χ3n) is 3.89. The van der Waals surface area contributed by atoms with Crippen molar-refractivity contribution >= 4 is 11.6 Å². The van der Waals surface area contributed by atoms with Crippen molar-refractivity contribution in [3.63, 3.8) is 0 Å². The number of carbonyl (C=O) groups is 1. The summed E-state index contributed by atoms with van der Waals surface area (Å²) in [5.41, 5.74) is 7.13. The third-order valence-corrected chi connectivity index (χ3v) is 3.89. The lowest BCUT2D eigenvalue weighted by atomic mass is 9.94. The van der Waals surface area contributed by atoms with Gasteiger partial charge in [-0.1, -0.05) is 37.6 Å². The van der Waals surface area contributed by atoms with Gasteiger partial charge in [0.1, 0.15) is 5.82 Å². The normalized spacial score (nSPS) is 17.8. The first-order valence-electron chi connectivity index (χ1n) is 7.32. The van der Waals surface area contributed by atoms with E-state index in [0.717, 1.165) is 22.4 Å². The molecule has 1 amide bonds. The number of amides is 1. The highest BCUT2D eigenvalue weighted by Crippen LogP contribution is 2.32. The van der Waals surface area contributed by atoms with E-state index in [1.807, 2.05) is 45.0 Å². The molecule has 3 rings (SSSR count). The number of hydrogen-bond acceptors (Lipinski definition) is 4. The first-order chi connectivity index (χ1) is 10.5. The molecule has 0 saturated carbocycles. The van der Waals surface area contributed by atoms with E-state index in [0.29, 0.717) is 17.9 Å². The Morgan fingerprint density at radius 3 is 2.77 bits per heavy atom. The summed E-state index contributed by atoms with van der Waals surface area (Å²) in [7, 11) is 0. The van der Waals surface area contributed by atoms with Gasteiger partial charge in [-0.15, -0.1) is 0 Å². The minimum Gasteiger partial charge on any atom is -0.339 e. The van der Waals surface area contributed by atoms with Crippen molar-refractivity contribution in [2.24, 2.45) is 5.92 Å². The number of rotatable bonds is 2. The van der Waals surface area contributed by atoms with Crippen LogP contribution in [0.15, 0.2) is 41.2 Å². The quantitative estimate of drug-likeness (QED) is 0.876. The van der Waals surface area contributed by atoms with Crippen molar-refractivity contribution in [3.05, 3.63) is 52.4 Å². The second-order valence-electron chi connectivity index (χ2n) is 5.85. The number of carbonyl (C=O) groups excluding carboxylic acids is 1. The van der Waals surface area contributed by atoms with Gasteiger partial charge in [0, 0.05) is 5.57 Å². The standard InChI is InChI=1S/C17H18N4O/c1-10(2)14-15(12-6-4-5-11(3)7-12)20-16-13(8-18)9-19-21(16)17(14)22/h4-7,10,19-20H,9H2,1-3H3. The Morgan fingerprint density at radius 1 is 1.36 bits per heavy atom. The number of benzene rings is 1. The smallest absolute Gasteiger partial charge is 0.272 e. The largest absolute Gasteiger partial charge is 0.339 e. The van der Waals surface area contributed by atoms with Crippen LogP contribution in [0.2, 0.25) is 0 Å². The fourth-order valence-corrected chi connectivity index (χ4v) is 2.83. The molecule has 0 radical (unpaired) electrons. The summed E-state index contributed by atoms with van der Waals surface area (Å²) in [6, 6.07) is 10.2. The molecule has 0 atom stereocenters. The van der Waals surface area contributed by atoms with Gasteiger partial charge >= 0.3 is 0 Å². The number of fused-ring (bicyclic) bond motifs is 1. The van der Waals surface area contributed by atoms with Gasteiger partial charge in [-0.25, -0.2) is 10.4 Å². The maximum Gasteiger partial charge on any atom is 0.272 e. The van der Waals surface area contributed by atoms with Gasteiger partial charge in [0.25, 0.3) is 5.91 Å². The Balaban J connectivity index is 2.19. The van der Waals surface area contributed by atoms with Gasteiger partial charge in [0.2, 0.25) is 0 Å². The predicted octanol–water partition coefficient (Wildman–Crippen LogP) is 2.05. The molecular weight excluding hydrogens is 276 g/mol. The van der Waals surface area contributed by atoms with Crippen molar-refractivity contribution in [1.82, 2.24) is 15.8 Å². The van der Waals surface area contributed by atoms with Crippen LogP contribution in [0.25, 0.3) is 5.70 Å². The van der Waals surface area contributed by atoms with Crippen LogP contribution < -0.4 is 10.7 Å². The molecule has 2 heterocycles. The van der Waals surface area contributed by atoms with Gasteiger partial charge < -0.3 is 5.32 Å². The molecule has 5 nitrogen and oxygen atoms in total. The fraction of sp³-hybridized carbons (Fsp3) is 0.294. The molecule has 0 bridgehead atoms. The van der Waals surface area contributed by atoms with Crippen LogP contribution in [0.3, 0.4) is 0 Å². The molecule has 0 saturated heterocycles. The lowest BCUT2D eigenvalue weighted by Gasteiger charge is -2.32. The first kappa shape index (κ1) is 14.4. The second kappa shape index (κ2) is 5.32. The number of hydrazine groups is 1. The molecule has 0 fully saturated rings. The Kier molecular flexibility index (Phi) is 3.47. The highest BCUT2D eigenvalue weighted by atomic mass is 16.2. The molecule has 0 unspecified atom stereocenters. The van der Waals surface area contributed by atoms with Gasteiger partial charge in [-0.2, -0.15) is 5.26 Å². The Labute approximate surface area is 129 Å². The van der Waals surface area contributed by atoms with Crippen LogP contribution in [0.1, 0.15) is 25.0 Å². The zero-order valence-corrected chi connectivity index (χ0v) is 12.9. The molecule has 112 valence electrons. The molecule has 2 N–H and O–H groups in total. The summed E-state index contributed by atoms with van der Waals surface area (Å²) >= 11 is 0. The van der Waals surface area contributed by atoms with Crippen molar-refractivity contribution in [1.29, 1.82) is 5.26 Å². The first-order valence-corrected chi connectivity index (χ1v) is 7.32. The molecular formula is C17H18N4O. The molecule has 0 aliphatic carbocycles. The Hall–Kier alpha value is -2.58. The molecule has 0 aromatic heterocycles. The van der Waals surface area contributed by atoms with Crippen LogP contribution in [0.5, 0.6) is 0 Å². The van der Waals surface area contributed by atoms with E-state index in [1.54, 1.807) is 0 Å². The summed E-state index contributed by atoms with van der Waals surface area (Å²) in [6.45, 7) is 6.39. The van der Waals surface area contributed by atoms with E-state index >= 15 is 0 Å². The molecule has 0 spiro atoms. The number of aryl methyl sites for hydroxylation is 1. The van der Waals surface area contributed by atoms with E-state index in [1.165, 1.54) is 5.01 Å². The Bertz CT molecular complexity index is 752. The zero-order chi connectivity index (χ0) is 15.9. The van der Waals surface area contributed by atoms with E-state index in [-0.39, 0.29) is 11.8 Å². The van der Waals surface area contributed by atoms with Crippen LogP contribution >= 0.6 is 0 Å². The average Bonchev–Trinajstić information content (AvgIpc) is 2.90. The van der Waals surface area contributed by atoms with E-state index in [2.05, 4.69) is 16.8 Å². The van der Waals surface area contributed by atoms with Gasteiger partial charge in [-0.05, 0) is 24.5 Å². The molecule has 2 aliphatic rings. The maximum absolute atomic E-state index is 12.8. The minimum absolute atomic E-state index is 0.0741. The van der Waals surface area contributed by atoms with E-state index < -0.39 is 0 Å². The molecule has 1 aromatic rings. The number of nitrogens with one attached hydrogen (secondary N) is 2. The Morgan fingerprint density at radius 2 is 2.14 bits per heavy atom. The SMILES string of the molecule is Cc1cccc(C2=C(C(C)C)C(=O)N3NCC(C#N)=C3N2)c1. The van der Waals surface area contributed by atoms with Gasteiger partial charge in [0.05, 0.1) is 23.9 Å². The van der Waals surface area contributed by atoms with Crippen LogP contribution in [0.4, 0.5) is 0 Å². The molecule has 2 aliphatic heterocycles. The van der Waals surface area contributed by atoms with Crippen molar-refractivity contribution < 1.29 is 4.79 Å². The van der Waals surface area contributed by atoms with Gasteiger partial charge in [0.15, 0.2) is 0 Å². The van der Waals surface area contributed by atoms with E-state index in [4.69, 9.17) is 0 Å². The fourth-order valence-electron chi connectivity index (χ4n) is 2.83. The molecule has 5 heteroatoms. The van der Waals surface area contributed by atoms with Crippen molar-refractivity contribution in [2.45, 2.75) is 20.8 Å². The highest BCUT2D eigenvalue weighted by molar-refractivity contribution is 6.04. The predicted molar refractivity (Wildman–Crippen MR) is 83.6 cm³/mol.